The molecule has 0 aromatic heterocycles. The Morgan fingerprint density at radius 3 is 2.20 bits per heavy atom. The zero-order chi connectivity index (χ0) is 21.2. The third-order valence-electron chi connectivity index (χ3n) is 4.42. The van der Waals surface area contributed by atoms with E-state index in [1.54, 1.807) is 0 Å². The zero-order valence-electron chi connectivity index (χ0n) is 16.5. The first-order valence-electron chi connectivity index (χ1n) is 9.66. The Kier molecular flexibility index (Phi) is 7.54. The van der Waals surface area contributed by atoms with E-state index >= 15 is 0 Å². The fourth-order valence-electron chi connectivity index (χ4n) is 2.91. The number of para-hydroxylation sites is 1. The molecule has 0 radical (unpaired) electrons. The number of amides is 1. The third-order valence-corrected chi connectivity index (χ3v) is 5.52. The van der Waals surface area contributed by atoms with Crippen molar-refractivity contribution in [3.8, 4) is 0 Å². The second-order valence-corrected chi connectivity index (χ2v) is 8.42. The lowest BCUT2D eigenvalue weighted by molar-refractivity contribution is -0.116. The predicted octanol–water partition coefficient (Wildman–Crippen LogP) is 4.20. The van der Waals surface area contributed by atoms with E-state index in [-0.39, 0.29) is 18.9 Å². The molecule has 3 rings (SSSR count). The van der Waals surface area contributed by atoms with Gasteiger partial charge in [0.1, 0.15) is 0 Å². The molecule has 0 fully saturated rings. The van der Waals surface area contributed by atoms with Crippen molar-refractivity contribution < 1.29 is 13.2 Å². The zero-order valence-corrected chi connectivity index (χ0v) is 17.3. The minimum atomic E-state index is -3.61. The molecule has 0 aliphatic rings. The van der Waals surface area contributed by atoms with Gasteiger partial charge in [-0.05, 0) is 35.3 Å². The van der Waals surface area contributed by atoms with Crippen molar-refractivity contribution in [3.63, 3.8) is 0 Å². The maximum absolute atomic E-state index is 12.3. The molecule has 0 aliphatic heterocycles. The number of hydrogen-bond acceptors (Lipinski definition) is 3. The number of anilines is 1. The van der Waals surface area contributed by atoms with Gasteiger partial charge in [0.25, 0.3) is 0 Å². The second-order valence-electron chi connectivity index (χ2n) is 6.77. The van der Waals surface area contributed by atoms with Crippen LogP contribution in [0, 0.1) is 0 Å². The first-order valence-corrected chi connectivity index (χ1v) is 11.2. The van der Waals surface area contributed by atoms with Gasteiger partial charge in [-0.2, -0.15) is 0 Å². The van der Waals surface area contributed by atoms with Crippen LogP contribution >= 0.6 is 0 Å². The van der Waals surface area contributed by atoms with Gasteiger partial charge in [0.2, 0.25) is 15.9 Å². The van der Waals surface area contributed by atoms with Gasteiger partial charge in [0.15, 0.2) is 0 Å². The minimum Gasteiger partial charge on any atom is -0.326 e. The molecule has 3 aromatic rings. The molecule has 0 saturated heterocycles. The standard InChI is InChI=1S/C24H24N2O3S/c27-24(15-17-25-30(28,29)18-16-20-9-3-1-4-10-20)26-23-14-8-7-13-22(23)19-21-11-5-2-6-12-21/h1-14,16,18,25H,15,17,19H2,(H,26,27)/b18-16+. The summed E-state index contributed by atoms with van der Waals surface area (Å²) < 4.78 is 26.6. The van der Waals surface area contributed by atoms with Gasteiger partial charge in [0.05, 0.1) is 0 Å². The highest BCUT2D eigenvalue weighted by atomic mass is 32.2. The van der Waals surface area contributed by atoms with Gasteiger partial charge in [-0.1, -0.05) is 78.9 Å². The number of sulfonamides is 1. The number of nitrogens with one attached hydrogen (secondary N) is 2. The topological polar surface area (TPSA) is 75.3 Å². The van der Waals surface area contributed by atoms with Gasteiger partial charge in [0, 0.05) is 24.1 Å². The van der Waals surface area contributed by atoms with Crippen LogP contribution in [0.1, 0.15) is 23.1 Å². The highest BCUT2D eigenvalue weighted by Gasteiger charge is 2.10. The Labute approximate surface area is 177 Å². The van der Waals surface area contributed by atoms with E-state index in [0.717, 1.165) is 27.8 Å². The van der Waals surface area contributed by atoms with Crippen molar-refractivity contribution in [2.45, 2.75) is 12.8 Å². The number of carbonyl (C=O) groups excluding carboxylic acids is 1. The van der Waals surface area contributed by atoms with Crippen LogP contribution < -0.4 is 10.0 Å². The maximum atomic E-state index is 12.3. The summed E-state index contributed by atoms with van der Waals surface area (Å²) >= 11 is 0. The van der Waals surface area contributed by atoms with Crippen LogP contribution in [-0.2, 0) is 21.2 Å². The van der Waals surface area contributed by atoms with Crippen LogP contribution in [-0.4, -0.2) is 20.9 Å². The van der Waals surface area contributed by atoms with Crippen molar-refractivity contribution in [2.24, 2.45) is 0 Å². The lowest BCUT2D eigenvalue weighted by atomic mass is 10.0. The molecule has 30 heavy (non-hydrogen) atoms. The van der Waals surface area contributed by atoms with Crippen LogP contribution in [0.5, 0.6) is 0 Å². The van der Waals surface area contributed by atoms with Crippen LogP contribution in [0.3, 0.4) is 0 Å². The molecular formula is C24H24N2O3S. The largest absolute Gasteiger partial charge is 0.326 e. The SMILES string of the molecule is O=C(CCNS(=O)(=O)/C=C/c1ccccc1)Nc1ccccc1Cc1ccccc1. The fourth-order valence-corrected chi connectivity index (χ4v) is 3.73. The first kappa shape index (κ1) is 21.5. The van der Waals surface area contributed by atoms with Crippen LogP contribution in [0.15, 0.2) is 90.3 Å². The molecule has 0 spiro atoms. The Hall–Kier alpha value is -3.22. The lowest BCUT2D eigenvalue weighted by Crippen LogP contribution is -2.26. The molecule has 5 nitrogen and oxygen atoms in total. The van der Waals surface area contributed by atoms with E-state index in [9.17, 15) is 13.2 Å². The molecule has 0 atom stereocenters. The molecule has 0 unspecified atom stereocenters. The van der Waals surface area contributed by atoms with Gasteiger partial charge in [-0.3, -0.25) is 4.79 Å². The van der Waals surface area contributed by atoms with E-state index < -0.39 is 10.0 Å². The lowest BCUT2D eigenvalue weighted by Gasteiger charge is -2.11. The summed E-state index contributed by atoms with van der Waals surface area (Å²) in [7, 11) is -3.61. The smallest absolute Gasteiger partial charge is 0.233 e. The van der Waals surface area contributed by atoms with Crippen molar-refractivity contribution >= 4 is 27.7 Å². The average molecular weight is 421 g/mol. The Balaban J connectivity index is 1.52. The van der Waals surface area contributed by atoms with Gasteiger partial charge in [-0.15, -0.1) is 0 Å². The summed E-state index contributed by atoms with van der Waals surface area (Å²) in [6.07, 6.45) is 2.26. The highest BCUT2D eigenvalue weighted by Crippen LogP contribution is 2.19. The molecule has 0 saturated carbocycles. The van der Waals surface area contributed by atoms with Crippen LogP contribution in [0.25, 0.3) is 6.08 Å². The molecule has 154 valence electrons. The number of carbonyl (C=O) groups is 1. The van der Waals surface area contributed by atoms with Crippen LogP contribution in [0.4, 0.5) is 5.69 Å². The Morgan fingerprint density at radius 1 is 0.833 bits per heavy atom. The first-order chi connectivity index (χ1) is 14.5. The van der Waals surface area contributed by atoms with Gasteiger partial charge in [-0.25, -0.2) is 13.1 Å². The van der Waals surface area contributed by atoms with E-state index in [1.165, 1.54) is 6.08 Å². The van der Waals surface area contributed by atoms with Crippen molar-refractivity contribution in [3.05, 3.63) is 107 Å². The molecular weight excluding hydrogens is 396 g/mol. The van der Waals surface area contributed by atoms with Gasteiger partial charge >= 0.3 is 0 Å². The number of hydrogen-bond donors (Lipinski definition) is 2. The summed E-state index contributed by atoms with van der Waals surface area (Å²) in [5.41, 5.74) is 3.68. The average Bonchev–Trinajstić information content (AvgIpc) is 2.75. The van der Waals surface area contributed by atoms with Gasteiger partial charge < -0.3 is 5.32 Å². The quantitative estimate of drug-likeness (QED) is 0.545. The fraction of sp³-hybridized carbons (Fsp3) is 0.125. The molecule has 0 aliphatic carbocycles. The summed E-state index contributed by atoms with van der Waals surface area (Å²) in [6, 6.07) is 26.8. The van der Waals surface area contributed by atoms with Crippen LogP contribution in [0.2, 0.25) is 0 Å². The highest BCUT2D eigenvalue weighted by molar-refractivity contribution is 7.92. The monoisotopic (exact) mass is 420 g/mol. The minimum absolute atomic E-state index is 0.0220. The molecule has 2 N–H and O–H groups in total. The molecule has 6 heteroatoms. The van der Waals surface area contributed by atoms with E-state index in [4.69, 9.17) is 0 Å². The van der Waals surface area contributed by atoms with E-state index in [0.29, 0.717) is 6.42 Å². The molecule has 3 aromatic carbocycles. The predicted molar refractivity (Wildman–Crippen MR) is 121 cm³/mol. The Morgan fingerprint density at radius 2 is 1.47 bits per heavy atom. The number of rotatable bonds is 9. The number of benzene rings is 3. The molecule has 0 bridgehead atoms. The van der Waals surface area contributed by atoms with Crippen molar-refractivity contribution in [1.82, 2.24) is 4.72 Å². The summed E-state index contributed by atoms with van der Waals surface area (Å²) in [6.45, 7) is 0.0220. The van der Waals surface area contributed by atoms with E-state index in [1.807, 2.05) is 84.9 Å². The van der Waals surface area contributed by atoms with Crippen molar-refractivity contribution in [1.29, 1.82) is 0 Å². The summed E-state index contributed by atoms with van der Waals surface area (Å²) in [4.78, 5) is 12.3. The summed E-state index contributed by atoms with van der Waals surface area (Å²) in [5, 5.41) is 3.99. The summed E-state index contributed by atoms with van der Waals surface area (Å²) in [5.74, 6) is -0.245. The van der Waals surface area contributed by atoms with Crippen molar-refractivity contribution in [2.75, 3.05) is 11.9 Å². The van der Waals surface area contributed by atoms with E-state index in [2.05, 4.69) is 10.0 Å². The maximum Gasteiger partial charge on any atom is 0.233 e. The Bertz CT molecular complexity index is 1100. The second kappa shape index (κ2) is 10.5. The molecule has 1 amide bonds. The molecule has 0 heterocycles. The third kappa shape index (κ3) is 6.99. The normalized spacial score (nSPS) is 11.5.